The Hall–Kier alpha value is -2.89. The number of nitrogens with zero attached hydrogens (tertiary/aromatic N) is 5. The van der Waals surface area contributed by atoms with Gasteiger partial charge in [-0.25, -0.2) is 4.98 Å². The van der Waals surface area contributed by atoms with Crippen LogP contribution < -0.4 is 16.0 Å². The van der Waals surface area contributed by atoms with Crippen LogP contribution in [0.2, 0.25) is 0 Å². The number of carbonyl (C=O) groups excluding carboxylic acids is 1. The molecular formula is C20H27F3N8O. The smallest absolute Gasteiger partial charge is 0.369 e. The monoisotopic (exact) mass is 452 g/mol. The average Bonchev–Trinajstić information content (AvgIpc) is 3.47. The van der Waals surface area contributed by atoms with Gasteiger partial charge in [0.05, 0.1) is 17.4 Å². The first-order valence-corrected chi connectivity index (χ1v) is 10.8. The highest BCUT2D eigenvalue weighted by atomic mass is 19.4. The molecule has 1 amide bonds. The van der Waals surface area contributed by atoms with Gasteiger partial charge in [-0.05, 0) is 32.7 Å². The standard InChI is InChI=1S/C20H27F3N8O/c1-13-16(12-31(29-13)14-5-7-24-10-14)27-19-26-11-15(20(21,22)23)18(28-19)25-6-3-9-30-8-2-4-17(30)32/h11-12,14,24H,2-10H2,1H3,(H2,25,26,27,28)/t14-/m1/s1. The Bertz CT molecular complexity index is 955. The van der Waals surface area contributed by atoms with Gasteiger partial charge in [-0.2, -0.15) is 23.3 Å². The molecule has 2 aromatic rings. The van der Waals surface area contributed by atoms with Gasteiger partial charge in [-0.1, -0.05) is 0 Å². The molecule has 9 nitrogen and oxygen atoms in total. The first-order chi connectivity index (χ1) is 15.3. The molecule has 12 heteroatoms. The second kappa shape index (κ2) is 9.31. The van der Waals surface area contributed by atoms with Gasteiger partial charge in [0.2, 0.25) is 11.9 Å². The van der Waals surface area contributed by atoms with Crippen molar-refractivity contribution in [1.82, 2.24) is 30.0 Å². The zero-order valence-corrected chi connectivity index (χ0v) is 17.9. The van der Waals surface area contributed by atoms with Crippen LogP contribution in [0.15, 0.2) is 12.4 Å². The van der Waals surface area contributed by atoms with Crippen molar-refractivity contribution in [2.45, 2.75) is 44.8 Å². The Morgan fingerprint density at radius 2 is 2.19 bits per heavy atom. The summed E-state index contributed by atoms with van der Waals surface area (Å²) in [5.74, 6) is -0.131. The fourth-order valence-electron chi connectivity index (χ4n) is 3.98. The van der Waals surface area contributed by atoms with Crippen LogP contribution >= 0.6 is 0 Å². The summed E-state index contributed by atoms with van der Waals surface area (Å²) in [6.45, 7) is 5.05. The van der Waals surface area contributed by atoms with Crippen molar-refractivity contribution in [3.05, 3.63) is 23.7 Å². The van der Waals surface area contributed by atoms with Crippen molar-refractivity contribution in [2.24, 2.45) is 0 Å². The van der Waals surface area contributed by atoms with E-state index < -0.39 is 11.7 Å². The van der Waals surface area contributed by atoms with Crippen molar-refractivity contribution in [3.8, 4) is 0 Å². The van der Waals surface area contributed by atoms with Gasteiger partial charge in [0.15, 0.2) is 0 Å². The SMILES string of the molecule is Cc1nn([C@@H]2CCNC2)cc1Nc1ncc(C(F)(F)F)c(NCCCN2CCCC2=O)n1. The van der Waals surface area contributed by atoms with Crippen LogP contribution in [0.4, 0.5) is 30.6 Å². The molecule has 2 aliphatic rings. The van der Waals surface area contributed by atoms with E-state index in [1.807, 2.05) is 17.8 Å². The second-order valence-corrected chi connectivity index (χ2v) is 8.10. The van der Waals surface area contributed by atoms with Gasteiger partial charge in [-0.3, -0.25) is 9.48 Å². The molecule has 0 bridgehead atoms. The minimum atomic E-state index is -4.58. The van der Waals surface area contributed by atoms with Gasteiger partial charge >= 0.3 is 6.18 Å². The third-order valence-electron chi connectivity index (χ3n) is 5.73. The maximum absolute atomic E-state index is 13.4. The number of amides is 1. The van der Waals surface area contributed by atoms with Crippen LogP contribution in [0, 0.1) is 6.92 Å². The number of hydrogen-bond acceptors (Lipinski definition) is 7. The highest BCUT2D eigenvalue weighted by Crippen LogP contribution is 2.34. The summed E-state index contributed by atoms with van der Waals surface area (Å²) in [4.78, 5) is 21.4. The van der Waals surface area contributed by atoms with E-state index in [9.17, 15) is 18.0 Å². The highest BCUT2D eigenvalue weighted by molar-refractivity contribution is 5.78. The zero-order chi connectivity index (χ0) is 22.7. The van der Waals surface area contributed by atoms with Crippen molar-refractivity contribution in [1.29, 1.82) is 0 Å². The molecule has 0 unspecified atom stereocenters. The predicted octanol–water partition coefficient (Wildman–Crippen LogP) is 2.70. The first kappa shape index (κ1) is 22.3. The van der Waals surface area contributed by atoms with Gasteiger partial charge in [-0.15, -0.1) is 0 Å². The Kier molecular flexibility index (Phi) is 6.49. The second-order valence-electron chi connectivity index (χ2n) is 8.10. The number of carbonyl (C=O) groups is 1. The molecule has 0 saturated carbocycles. The minimum Gasteiger partial charge on any atom is -0.369 e. The summed E-state index contributed by atoms with van der Waals surface area (Å²) in [6, 6.07) is 0.248. The lowest BCUT2D eigenvalue weighted by molar-refractivity contribution is -0.137. The van der Waals surface area contributed by atoms with Crippen LogP contribution in [0.3, 0.4) is 0 Å². The topological polar surface area (TPSA) is 100 Å². The van der Waals surface area contributed by atoms with E-state index in [0.717, 1.165) is 32.1 Å². The summed E-state index contributed by atoms with van der Waals surface area (Å²) in [5.41, 5.74) is 0.435. The van der Waals surface area contributed by atoms with Crippen LogP contribution in [-0.4, -0.2) is 63.3 Å². The molecule has 4 heterocycles. The van der Waals surface area contributed by atoms with Crippen LogP contribution in [0.25, 0.3) is 0 Å². The molecule has 32 heavy (non-hydrogen) atoms. The molecule has 2 aliphatic heterocycles. The number of aromatic nitrogens is 4. The highest BCUT2D eigenvalue weighted by Gasteiger charge is 2.35. The Balaban J connectivity index is 1.44. The van der Waals surface area contributed by atoms with Crippen LogP contribution in [0.1, 0.15) is 43.0 Å². The zero-order valence-electron chi connectivity index (χ0n) is 17.9. The molecule has 2 saturated heterocycles. The normalized spacial score (nSPS) is 19.1. The van der Waals surface area contributed by atoms with E-state index in [4.69, 9.17) is 0 Å². The van der Waals surface area contributed by atoms with E-state index in [0.29, 0.717) is 37.3 Å². The number of aryl methyl sites for hydroxylation is 1. The lowest BCUT2D eigenvalue weighted by atomic mass is 10.3. The molecule has 2 fully saturated rings. The number of rotatable bonds is 8. The summed E-state index contributed by atoms with van der Waals surface area (Å²) < 4.78 is 42.2. The first-order valence-electron chi connectivity index (χ1n) is 10.8. The van der Waals surface area contributed by atoms with Crippen molar-refractivity contribution in [2.75, 3.05) is 43.4 Å². The number of anilines is 3. The minimum absolute atomic E-state index is 0.0578. The van der Waals surface area contributed by atoms with E-state index in [1.54, 1.807) is 4.90 Å². The quantitative estimate of drug-likeness (QED) is 0.530. The lowest BCUT2D eigenvalue weighted by Gasteiger charge is -2.17. The summed E-state index contributed by atoms with van der Waals surface area (Å²) >= 11 is 0. The number of likely N-dealkylation sites (tertiary alicyclic amines) is 1. The number of nitrogens with one attached hydrogen (secondary N) is 3. The third kappa shape index (κ3) is 5.12. The maximum atomic E-state index is 13.4. The molecule has 1 atom stereocenters. The van der Waals surface area contributed by atoms with Crippen molar-refractivity contribution >= 4 is 23.4 Å². The molecule has 174 valence electrons. The van der Waals surface area contributed by atoms with Gasteiger partial charge in [0.1, 0.15) is 11.4 Å². The molecular weight excluding hydrogens is 425 g/mol. The Labute approximate surface area is 183 Å². The van der Waals surface area contributed by atoms with E-state index in [2.05, 4.69) is 31.0 Å². The fraction of sp³-hybridized carbons (Fsp3) is 0.600. The number of hydrogen-bond donors (Lipinski definition) is 3. The lowest BCUT2D eigenvalue weighted by Crippen LogP contribution is -2.27. The summed E-state index contributed by atoms with van der Waals surface area (Å²) in [6.07, 6.45) is 0.891. The molecule has 0 radical (unpaired) electrons. The third-order valence-corrected chi connectivity index (χ3v) is 5.73. The molecule has 0 aromatic carbocycles. The van der Waals surface area contributed by atoms with Crippen molar-refractivity contribution in [3.63, 3.8) is 0 Å². The Morgan fingerprint density at radius 3 is 2.88 bits per heavy atom. The van der Waals surface area contributed by atoms with Gasteiger partial charge in [0, 0.05) is 45.0 Å². The van der Waals surface area contributed by atoms with E-state index >= 15 is 0 Å². The molecule has 0 spiro atoms. The molecule has 4 rings (SSSR count). The van der Waals surface area contributed by atoms with Gasteiger partial charge in [0.25, 0.3) is 0 Å². The summed E-state index contributed by atoms with van der Waals surface area (Å²) in [7, 11) is 0. The largest absolute Gasteiger partial charge is 0.421 e. The predicted molar refractivity (Wildman–Crippen MR) is 113 cm³/mol. The van der Waals surface area contributed by atoms with Gasteiger partial charge < -0.3 is 20.9 Å². The Morgan fingerprint density at radius 1 is 1.34 bits per heavy atom. The van der Waals surface area contributed by atoms with E-state index in [-0.39, 0.29) is 30.3 Å². The van der Waals surface area contributed by atoms with Crippen molar-refractivity contribution < 1.29 is 18.0 Å². The van der Waals surface area contributed by atoms with Crippen LogP contribution in [-0.2, 0) is 11.0 Å². The van der Waals surface area contributed by atoms with Crippen LogP contribution in [0.5, 0.6) is 0 Å². The summed E-state index contributed by atoms with van der Waals surface area (Å²) in [5, 5.41) is 13.5. The molecule has 0 aliphatic carbocycles. The average molecular weight is 452 g/mol. The fourth-order valence-corrected chi connectivity index (χ4v) is 3.98. The molecule has 2 aromatic heterocycles. The molecule has 3 N–H and O–H groups in total. The maximum Gasteiger partial charge on any atom is 0.421 e. The number of halogens is 3. The number of alkyl halides is 3. The van der Waals surface area contributed by atoms with E-state index in [1.165, 1.54) is 0 Å².